The summed E-state index contributed by atoms with van der Waals surface area (Å²) in [5.41, 5.74) is 2.01. The average molecular weight is 356 g/mol. The normalized spacial score (nSPS) is 16.4. The number of rotatable bonds is 7. The lowest BCUT2D eigenvalue weighted by atomic mass is 10.0. The highest BCUT2D eigenvalue weighted by atomic mass is 16.7. The monoisotopic (exact) mass is 356 g/mol. The van der Waals surface area contributed by atoms with Gasteiger partial charge in [0.2, 0.25) is 6.79 Å². The number of fused-ring (bicyclic) bond motifs is 1. The number of carbonyl (C=O) groups excluding carboxylic acids is 1. The summed E-state index contributed by atoms with van der Waals surface area (Å²) in [6.07, 6.45) is 8.68. The molecule has 2 aliphatic heterocycles. The second-order valence-electron chi connectivity index (χ2n) is 6.81. The molecule has 5 nitrogen and oxygen atoms in total. The summed E-state index contributed by atoms with van der Waals surface area (Å²) in [6, 6.07) is 6.12. The predicted octanol–water partition coefficient (Wildman–Crippen LogP) is 3.71. The van der Waals surface area contributed by atoms with E-state index >= 15 is 0 Å². The molecular weight excluding hydrogens is 328 g/mol. The maximum Gasteiger partial charge on any atom is 0.251 e. The number of likely N-dealkylation sites (N-methyl/N-ethyl adjacent to an activating group) is 1. The Bertz CT molecular complexity index is 711. The fraction of sp³-hybridized carbons (Fsp3) is 0.476. The van der Waals surface area contributed by atoms with E-state index in [4.69, 9.17) is 9.47 Å². The molecule has 3 rings (SSSR count). The van der Waals surface area contributed by atoms with E-state index < -0.39 is 0 Å². The minimum atomic E-state index is 0.110. The Morgan fingerprint density at radius 3 is 2.85 bits per heavy atom. The standard InChI is InChI=1S/C21H28N2O3/c1-4-10-22-11-6-7-18(14-22)21(24)23(5-2)16(3)12-17-8-9-19-20(13-17)26-15-25-19/h6,8-9,11,13-14,16H,4-5,7,10,12,15H2,1-3H3. The van der Waals surface area contributed by atoms with E-state index in [0.29, 0.717) is 13.0 Å². The summed E-state index contributed by atoms with van der Waals surface area (Å²) in [4.78, 5) is 17.1. The van der Waals surface area contributed by atoms with E-state index in [0.717, 1.165) is 42.0 Å². The van der Waals surface area contributed by atoms with Crippen molar-refractivity contribution in [2.45, 2.75) is 46.1 Å². The Hall–Kier alpha value is -2.43. The summed E-state index contributed by atoms with van der Waals surface area (Å²) < 4.78 is 10.8. The molecule has 1 unspecified atom stereocenters. The quantitative estimate of drug-likeness (QED) is 0.747. The number of hydrogen-bond donors (Lipinski definition) is 0. The first-order valence-corrected chi connectivity index (χ1v) is 9.45. The largest absolute Gasteiger partial charge is 0.454 e. The van der Waals surface area contributed by atoms with Gasteiger partial charge in [-0.1, -0.05) is 19.1 Å². The van der Waals surface area contributed by atoms with Crippen LogP contribution in [0.25, 0.3) is 0 Å². The molecule has 2 heterocycles. The summed E-state index contributed by atoms with van der Waals surface area (Å²) >= 11 is 0. The smallest absolute Gasteiger partial charge is 0.251 e. The van der Waals surface area contributed by atoms with Crippen LogP contribution in [0.2, 0.25) is 0 Å². The topological polar surface area (TPSA) is 42.0 Å². The lowest BCUT2D eigenvalue weighted by Gasteiger charge is -2.30. The van der Waals surface area contributed by atoms with E-state index in [1.165, 1.54) is 0 Å². The molecule has 0 saturated carbocycles. The molecule has 26 heavy (non-hydrogen) atoms. The van der Waals surface area contributed by atoms with Crippen LogP contribution >= 0.6 is 0 Å². The maximum absolute atomic E-state index is 13.1. The number of amides is 1. The highest BCUT2D eigenvalue weighted by Crippen LogP contribution is 2.33. The van der Waals surface area contributed by atoms with Gasteiger partial charge < -0.3 is 19.3 Å². The van der Waals surface area contributed by atoms with Gasteiger partial charge in [0.15, 0.2) is 11.5 Å². The molecule has 140 valence electrons. The molecule has 1 aromatic carbocycles. The minimum Gasteiger partial charge on any atom is -0.454 e. The first kappa shape index (κ1) is 18.4. The molecule has 0 radical (unpaired) electrons. The minimum absolute atomic E-state index is 0.110. The van der Waals surface area contributed by atoms with Gasteiger partial charge in [0, 0.05) is 30.9 Å². The van der Waals surface area contributed by atoms with Crippen molar-refractivity contribution in [1.82, 2.24) is 9.80 Å². The maximum atomic E-state index is 13.1. The second kappa shape index (κ2) is 8.30. The molecule has 0 bridgehead atoms. The van der Waals surface area contributed by atoms with Crippen LogP contribution in [0.4, 0.5) is 0 Å². The fourth-order valence-electron chi connectivity index (χ4n) is 3.51. The Labute approximate surface area is 155 Å². The highest BCUT2D eigenvalue weighted by Gasteiger charge is 2.24. The first-order valence-electron chi connectivity index (χ1n) is 9.45. The third-order valence-corrected chi connectivity index (χ3v) is 4.81. The molecular formula is C21H28N2O3. The SMILES string of the molecule is CCCN1C=CCC(C(=O)N(CC)C(C)Cc2ccc3c(c2)OCO3)=C1. The Morgan fingerprint density at radius 1 is 1.27 bits per heavy atom. The van der Waals surface area contributed by atoms with Crippen LogP contribution < -0.4 is 9.47 Å². The summed E-state index contributed by atoms with van der Waals surface area (Å²) in [5, 5.41) is 0. The molecule has 1 atom stereocenters. The number of carbonyl (C=O) groups is 1. The van der Waals surface area contributed by atoms with E-state index in [1.54, 1.807) is 0 Å². The fourth-order valence-corrected chi connectivity index (χ4v) is 3.51. The van der Waals surface area contributed by atoms with Gasteiger partial charge >= 0.3 is 0 Å². The van der Waals surface area contributed by atoms with Crippen molar-refractivity contribution in [2.75, 3.05) is 19.9 Å². The molecule has 1 aromatic rings. The van der Waals surface area contributed by atoms with E-state index in [9.17, 15) is 4.79 Å². The van der Waals surface area contributed by atoms with Crippen molar-refractivity contribution in [3.63, 3.8) is 0 Å². The number of nitrogens with zero attached hydrogens (tertiary/aromatic N) is 2. The molecule has 2 aliphatic rings. The zero-order valence-electron chi connectivity index (χ0n) is 15.9. The molecule has 0 spiro atoms. The Kier molecular flexibility index (Phi) is 5.86. The van der Waals surface area contributed by atoms with Gasteiger partial charge in [0.1, 0.15) is 0 Å². The molecule has 0 aromatic heterocycles. The van der Waals surface area contributed by atoms with Crippen molar-refractivity contribution in [3.8, 4) is 11.5 Å². The van der Waals surface area contributed by atoms with Gasteiger partial charge in [-0.05, 0) is 57.0 Å². The van der Waals surface area contributed by atoms with Crippen LogP contribution in [0.5, 0.6) is 11.5 Å². The van der Waals surface area contributed by atoms with Crippen LogP contribution in [0.1, 0.15) is 39.2 Å². The summed E-state index contributed by atoms with van der Waals surface area (Å²) in [7, 11) is 0. The number of allylic oxidation sites excluding steroid dienone is 1. The predicted molar refractivity (Wildman–Crippen MR) is 102 cm³/mol. The van der Waals surface area contributed by atoms with Gasteiger partial charge in [0.25, 0.3) is 5.91 Å². The van der Waals surface area contributed by atoms with E-state index in [1.807, 2.05) is 36.2 Å². The van der Waals surface area contributed by atoms with Crippen molar-refractivity contribution in [3.05, 3.63) is 47.8 Å². The third-order valence-electron chi connectivity index (χ3n) is 4.81. The molecule has 0 aliphatic carbocycles. The van der Waals surface area contributed by atoms with Crippen molar-refractivity contribution >= 4 is 5.91 Å². The van der Waals surface area contributed by atoms with Crippen LogP contribution in [-0.2, 0) is 11.2 Å². The van der Waals surface area contributed by atoms with Gasteiger partial charge in [-0.3, -0.25) is 4.79 Å². The van der Waals surface area contributed by atoms with E-state index in [2.05, 4.69) is 31.0 Å². The highest BCUT2D eigenvalue weighted by molar-refractivity contribution is 5.94. The summed E-state index contributed by atoms with van der Waals surface area (Å²) in [5.74, 6) is 1.71. The van der Waals surface area contributed by atoms with Crippen molar-refractivity contribution < 1.29 is 14.3 Å². The lowest BCUT2D eigenvalue weighted by molar-refractivity contribution is -0.129. The number of ether oxygens (including phenoxy) is 2. The molecule has 0 N–H and O–H groups in total. The Morgan fingerprint density at radius 2 is 2.08 bits per heavy atom. The van der Waals surface area contributed by atoms with Crippen molar-refractivity contribution in [1.29, 1.82) is 0 Å². The Balaban J connectivity index is 1.68. The number of hydrogen-bond acceptors (Lipinski definition) is 4. The van der Waals surface area contributed by atoms with Crippen LogP contribution in [-0.4, -0.2) is 41.6 Å². The molecule has 1 amide bonds. The first-order chi connectivity index (χ1) is 12.6. The van der Waals surface area contributed by atoms with Gasteiger partial charge in [-0.15, -0.1) is 0 Å². The lowest BCUT2D eigenvalue weighted by Crippen LogP contribution is -2.41. The van der Waals surface area contributed by atoms with Gasteiger partial charge in [0.05, 0.1) is 0 Å². The molecule has 0 saturated heterocycles. The number of benzene rings is 1. The van der Waals surface area contributed by atoms with Crippen LogP contribution in [0, 0.1) is 0 Å². The zero-order valence-corrected chi connectivity index (χ0v) is 15.9. The van der Waals surface area contributed by atoms with Crippen LogP contribution in [0.15, 0.2) is 42.2 Å². The summed E-state index contributed by atoms with van der Waals surface area (Å²) in [6.45, 7) is 8.20. The van der Waals surface area contributed by atoms with Crippen LogP contribution in [0.3, 0.4) is 0 Å². The van der Waals surface area contributed by atoms with Gasteiger partial charge in [-0.2, -0.15) is 0 Å². The average Bonchev–Trinajstić information content (AvgIpc) is 3.10. The van der Waals surface area contributed by atoms with Gasteiger partial charge in [-0.25, -0.2) is 0 Å². The second-order valence-corrected chi connectivity index (χ2v) is 6.81. The van der Waals surface area contributed by atoms with Crippen molar-refractivity contribution in [2.24, 2.45) is 0 Å². The zero-order chi connectivity index (χ0) is 18.5. The van der Waals surface area contributed by atoms with E-state index in [-0.39, 0.29) is 18.7 Å². The third kappa shape index (κ3) is 4.03. The molecule has 0 fully saturated rings. The molecule has 5 heteroatoms.